The second kappa shape index (κ2) is 7.83. The van der Waals surface area contributed by atoms with Crippen LogP contribution in [0.3, 0.4) is 0 Å². The largest absolute Gasteiger partial charge is 0.490 e. The summed E-state index contributed by atoms with van der Waals surface area (Å²) in [5, 5.41) is 8.65. The summed E-state index contributed by atoms with van der Waals surface area (Å²) in [5.41, 5.74) is 0.673. The number of rotatable bonds is 7. The zero-order chi connectivity index (χ0) is 15.8. The maximum atomic E-state index is 12.7. The molecule has 0 spiro atoms. The minimum atomic E-state index is -1.02. The maximum Gasteiger partial charge on any atom is 0.328 e. The number of halogens is 1. The average molecular weight is 302 g/mol. The highest BCUT2D eigenvalue weighted by Gasteiger charge is 2.01. The first-order valence-corrected chi connectivity index (χ1v) is 6.66. The van der Waals surface area contributed by atoms with E-state index in [0.717, 1.165) is 6.08 Å². The molecule has 0 radical (unpaired) electrons. The van der Waals surface area contributed by atoms with Crippen LogP contribution in [-0.4, -0.2) is 24.3 Å². The third-order valence-electron chi connectivity index (χ3n) is 2.75. The van der Waals surface area contributed by atoms with E-state index in [1.807, 2.05) is 0 Å². The summed E-state index contributed by atoms with van der Waals surface area (Å²) < 4.78 is 23.7. The molecule has 1 N–H and O–H groups in total. The van der Waals surface area contributed by atoms with Gasteiger partial charge in [0, 0.05) is 11.6 Å². The third-order valence-corrected chi connectivity index (χ3v) is 2.75. The van der Waals surface area contributed by atoms with E-state index in [9.17, 15) is 9.18 Å². The lowest BCUT2D eigenvalue weighted by Crippen LogP contribution is -2.09. The van der Waals surface area contributed by atoms with Crippen molar-refractivity contribution in [2.75, 3.05) is 13.2 Å². The van der Waals surface area contributed by atoms with Crippen molar-refractivity contribution in [1.29, 1.82) is 0 Å². The zero-order valence-corrected chi connectivity index (χ0v) is 11.7. The topological polar surface area (TPSA) is 55.8 Å². The lowest BCUT2D eigenvalue weighted by atomic mass is 10.2. The van der Waals surface area contributed by atoms with Crippen LogP contribution >= 0.6 is 0 Å². The number of ether oxygens (including phenoxy) is 2. The molecular formula is C17H15FO4. The summed E-state index contributed by atoms with van der Waals surface area (Å²) in [7, 11) is 0. The molecule has 0 atom stereocenters. The third kappa shape index (κ3) is 4.94. The Balaban J connectivity index is 1.86. The van der Waals surface area contributed by atoms with Gasteiger partial charge in [-0.1, -0.05) is 18.2 Å². The first-order chi connectivity index (χ1) is 10.6. The Bertz CT molecular complexity index is 650. The molecule has 0 saturated carbocycles. The number of para-hydroxylation sites is 1. The summed E-state index contributed by atoms with van der Waals surface area (Å²) in [5.74, 6) is -0.205. The zero-order valence-electron chi connectivity index (χ0n) is 11.7. The normalized spacial score (nSPS) is 10.6. The number of carboxylic acid groups (broad SMARTS) is 1. The van der Waals surface area contributed by atoms with Crippen LogP contribution in [-0.2, 0) is 4.79 Å². The molecule has 114 valence electrons. The molecule has 0 saturated heterocycles. The molecule has 0 fully saturated rings. The molecule has 0 aliphatic rings. The fraction of sp³-hybridized carbons (Fsp3) is 0.118. The van der Waals surface area contributed by atoms with Gasteiger partial charge in [0.25, 0.3) is 0 Å². The van der Waals surface area contributed by atoms with Gasteiger partial charge < -0.3 is 14.6 Å². The lowest BCUT2D eigenvalue weighted by molar-refractivity contribution is -0.131. The van der Waals surface area contributed by atoms with Crippen LogP contribution in [0.25, 0.3) is 6.08 Å². The fourth-order valence-corrected chi connectivity index (χ4v) is 1.75. The van der Waals surface area contributed by atoms with Gasteiger partial charge in [-0.25, -0.2) is 9.18 Å². The summed E-state index contributed by atoms with van der Waals surface area (Å²) in [6.07, 6.45) is 2.52. The highest BCUT2D eigenvalue weighted by molar-refractivity contribution is 5.85. The lowest BCUT2D eigenvalue weighted by Gasteiger charge is -2.10. The van der Waals surface area contributed by atoms with Crippen LogP contribution in [0.2, 0.25) is 0 Å². The van der Waals surface area contributed by atoms with Gasteiger partial charge in [0.15, 0.2) is 0 Å². The number of hydrogen-bond acceptors (Lipinski definition) is 3. The Morgan fingerprint density at radius 3 is 2.45 bits per heavy atom. The van der Waals surface area contributed by atoms with Crippen LogP contribution < -0.4 is 9.47 Å². The number of hydrogen-bond donors (Lipinski definition) is 1. The highest BCUT2D eigenvalue weighted by atomic mass is 19.1. The van der Waals surface area contributed by atoms with E-state index >= 15 is 0 Å². The molecule has 22 heavy (non-hydrogen) atoms. The summed E-state index contributed by atoms with van der Waals surface area (Å²) >= 11 is 0. The van der Waals surface area contributed by atoms with Gasteiger partial charge in [-0.3, -0.25) is 0 Å². The molecule has 2 aromatic carbocycles. The quantitative estimate of drug-likeness (QED) is 0.629. The molecule has 0 unspecified atom stereocenters. The first-order valence-electron chi connectivity index (χ1n) is 6.66. The predicted octanol–water partition coefficient (Wildman–Crippen LogP) is 3.38. The molecule has 0 amide bonds. The smallest absolute Gasteiger partial charge is 0.328 e. The predicted molar refractivity (Wildman–Crippen MR) is 80.5 cm³/mol. The minimum Gasteiger partial charge on any atom is -0.490 e. The van der Waals surface area contributed by atoms with E-state index in [1.165, 1.54) is 18.2 Å². The Morgan fingerprint density at radius 1 is 1.05 bits per heavy atom. The van der Waals surface area contributed by atoms with Crippen molar-refractivity contribution in [3.8, 4) is 11.5 Å². The van der Waals surface area contributed by atoms with Crippen LogP contribution in [0.4, 0.5) is 4.39 Å². The van der Waals surface area contributed by atoms with Crippen molar-refractivity contribution in [1.82, 2.24) is 0 Å². The maximum absolute atomic E-state index is 12.7. The van der Waals surface area contributed by atoms with Crippen LogP contribution in [0.1, 0.15) is 5.56 Å². The van der Waals surface area contributed by atoms with Gasteiger partial charge in [0.2, 0.25) is 0 Å². The van der Waals surface area contributed by atoms with Crippen molar-refractivity contribution in [3.05, 3.63) is 66.0 Å². The van der Waals surface area contributed by atoms with E-state index in [0.29, 0.717) is 23.7 Å². The molecule has 0 aliphatic heterocycles. The number of carbonyl (C=O) groups is 1. The van der Waals surface area contributed by atoms with E-state index in [1.54, 1.807) is 36.4 Å². The van der Waals surface area contributed by atoms with E-state index in [2.05, 4.69) is 0 Å². The summed E-state index contributed by atoms with van der Waals surface area (Å²) in [6.45, 7) is 0.581. The van der Waals surface area contributed by atoms with Crippen molar-refractivity contribution in [3.63, 3.8) is 0 Å². The van der Waals surface area contributed by atoms with Crippen molar-refractivity contribution >= 4 is 12.0 Å². The van der Waals surface area contributed by atoms with Gasteiger partial charge in [-0.15, -0.1) is 0 Å². The molecule has 4 nitrogen and oxygen atoms in total. The standard InChI is InChI=1S/C17H15FO4/c18-14-6-8-15(9-7-14)21-11-12-22-16-4-2-1-3-13(16)5-10-17(19)20/h1-10H,11-12H2,(H,19,20). The molecule has 2 aromatic rings. The van der Waals surface area contributed by atoms with E-state index in [-0.39, 0.29) is 12.4 Å². The van der Waals surface area contributed by atoms with Crippen molar-refractivity contribution in [2.45, 2.75) is 0 Å². The van der Waals surface area contributed by atoms with Crippen molar-refractivity contribution < 1.29 is 23.8 Å². The Morgan fingerprint density at radius 2 is 1.73 bits per heavy atom. The van der Waals surface area contributed by atoms with Gasteiger partial charge in [-0.05, 0) is 36.4 Å². The Labute approximate surface area is 127 Å². The first kappa shape index (κ1) is 15.6. The van der Waals surface area contributed by atoms with E-state index in [4.69, 9.17) is 14.6 Å². The molecule has 0 aliphatic carbocycles. The van der Waals surface area contributed by atoms with Gasteiger partial charge in [0.05, 0.1) is 0 Å². The van der Waals surface area contributed by atoms with Crippen LogP contribution in [0, 0.1) is 5.82 Å². The fourth-order valence-electron chi connectivity index (χ4n) is 1.75. The molecule has 2 rings (SSSR count). The van der Waals surface area contributed by atoms with E-state index < -0.39 is 5.97 Å². The second-order valence-corrected chi connectivity index (χ2v) is 4.36. The number of carboxylic acids is 1. The molecule has 0 heterocycles. The highest BCUT2D eigenvalue weighted by Crippen LogP contribution is 2.19. The number of benzene rings is 2. The number of aliphatic carboxylic acids is 1. The molecule has 0 aromatic heterocycles. The van der Waals surface area contributed by atoms with Crippen LogP contribution in [0.5, 0.6) is 11.5 Å². The second-order valence-electron chi connectivity index (χ2n) is 4.36. The summed E-state index contributed by atoms with van der Waals surface area (Å²) in [4.78, 5) is 10.6. The van der Waals surface area contributed by atoms with Gasteiger partial charge >= 0.3 is 5.97 Å². The summed E-state index contributed by atoms with van der Waals surface area (Å²) in [6, 6.07) is 12.8. The molecule has 0 bridgehead atoms. The van der Waals surface area contributed by atoms with Crippen LogP contribution in [0.15, 0.2) is 54.6 Å². The van der Waals surface area contributed by atoms with Gasteiger partial charge in [0.1, 0.15) is 30.5 Å². The average Bonchev–Trinajstić information content (AvgIpc) is 2.52. The minimum absolute atomic E-state index is 0.287. The Hall–Kier alpha value is -2.82. The van der Waals surface area contributed by atoms with Crippen molar-refractivity contribution in [2.24, 2.45) is 0 Å². The monoisotopic (exact) mass is 302 g/mol. The SMILES string of the molecule is O=C(O)C=Cc1ccccc1OCCOc1ccc(F)cc1. The molecule has 5 heteroatoms. The van der Waals surface area contributed by atoms with Gasteiger partial charge in [-0.2, -0.15) is 0 Å². The Kier molecular flexibility index (Phi) is 5.54. The molecular weight excluding hydrogens is 287 g/mol.